The van der Waals surface area contributed by atoms with E-state index in [9.17, 15) is 4.79 Å². The molecule has 0 bridgehead atoms. The van der Waals surface area contributed by atoms with Crippen molar-refractivity contribution < 1.29 is 14.0 Å². The van der Waals surface area contributed by atoms with Gasteiger partial charge >= 0.3 is 0 Å². The highest BCUT2D eigenvalue weighted by molar-refractivity contribution is 8.14. The summed E-state index contributed by atoms with van der Waals surface area (Å²) in [5, 5.41) is 3.22. The summed E-state index contributed by atoms with van der Waals surface area (Å²) in [6, 6.07) is 21.5. The van der Waals surface area contributed by atoms with Gasteiger partial charge in [0.1, 0.15) is 0 Å². The van der Waals surface area contributed by atoms with Crippen molar-refractivity contribution in [3.8, 4) is 0 Å². The zero-order chi connectivity index (χ0) is 21.2. The molecule has 0 aliphatic carbocycles. The Morgan fingerprint density at radius 1 is 0.967 bits per heavy atom. The zero-order valence-electron chi connectivity index (χ0n) is 18.2. The highest BCUT2D eigenvalue weighted by Crippen LogP contribution is 2.39. The molecule has 3 atom stereocenters. The highest BCUT2D eigenvalue weighted by Gasteiger charge is 2.50. The second-order valence-corrected chi connectivity index (χ2v) is 15.0. The van der Waals surface area contributed by atoms with E-state index in [1.165, 1.54) is 22.1 Å². The number of hydrogen-bond acceptors (Lipinski definition) is 4. The molecule has 2 aromatic carbocycles. The monoisotopic (exact) mass is 440 g/mol. The Bertz CT molecular complexity index is 810. The van der Waals surface area contributed by atoms with Crippen molar-refractivity contribution in [3.05, 3.63) is 60.7 Å². The van der Waals surface area contributed by atoms with Crippen LogP contribution >= 0.6 is 11.8 Å². The maximum atomic E-state index is 11.7. The fourth-order valence-corrected chi connectivity index (χ4v) is 10.7. The number of carbonyl (C=O) groups excluding carboxylic acids is 1. The van der Waals surface area contributed by atoms with Crippen LogP contribution in [0.2, 0.25) is 5.04 Å². The van der Waals surface area contributed by atoms with Crippen molar-refractivity contribution in [2.75, 3.05) is 6.61 Å². The normalized spacial score (nSPS) is 25.0. The van der Waals surface area contributed by atoms with Crippen LogP contribution in [0.15, 0.2) is 60.7 Å². The van der Waals surface area contributed by atoms with Crippen LogP contribution in [-0.2, 0) is 14.0 Å². The summed E-state index contributed by atoms with van der Waals surface area (Å²) in [6.07, 6.45) is 3.98. The minimum atomic E-state index is -2.52. The van der Waals surface area contributed by atoms with Crippen LogP contribution in [0.4, 0.5) is 0 Å². The Morgan fingerprint density at radius 3 is 2.07 bits per heavy atom. The Balaban J connectivity index is 1.57. The van der Waals surface area contributed by atoms with Crippen molar-refractivity contribution in [2.24, 2.45) is 0 Å². The van der Waals surface area contributed by atoms with Crippen LogP contribution < -0.4 is 10.4 Å². The number of carbonyl (C=O) groups is 1. The van der Waals surface area contributed by atoms with E-state index >= 15 is 0 Å². The van der Waals surface area contributed by atoms with Crippen molar-refractivity contribution in [2.45, 2.75) is 69.0 Å². The molecule has 0 amide bonds. The summed E-state index contributed by atoms with van der Waals surface area (Å²) in [4.78, 5) is 11.7. The summed E-state index contributed by atoms with van der Waals surface area (Å²) >= 11 is 1.49. The topological polar surface area (TPSA) is 35.5 Å². The average Bonchev–Trinajstić information content (AvgIpc) is 3.38. The molecule has 2 saturated heterocycles. The van der Waals surface area contributed by atoms with Crippen LogP contribution in [0.1, 0.15) is 46.5 Å². The minimum absolute atomic E-state index is 0.0264. The predicted octanol–water partition coefficient (Wildman–Crippen LogP) is 4.53. The summed E-state index contributed by atoms with van der Waals surface area (Å²) in [6.45, 7) is 7.52. The molecule has 5 heteroatoms. The number of ether oxygens (including phenoxy) is 1. The number of hydrogen-bond donors (Lipinski definition) is 0. The Hall–Kier alpha value is -1.40. The molecule has 0 unspecified atom stereocenters. The van der Waals surface area contributed by atoms with Gasteiger partial charge in [0.15, 0.2) is 5.12 Å². The van der Waals surface area contributed by atoms with Gasteiger partial charge in [0.25, 0.3) is 8.32 Å². The van der Waals surface area contributed by atoms with E-state index in [0.29, 0.717) is 23.4 Å². The van der Waals surface area contributed by atoms with Gasteiger partial charge in [-0.15, -0.1) is 0 Å². The lowest BCUT2D eigenvalue weighted by Crippen LogP contribution is -2.67. The largest absolute Gasteiger partial charge is 0.405 e. The fourth-order valence-electron chi connectivity index (χ4n) is 4.92. The van der Waals surface area contributed by atoms with E-state index in [4.69, 9.17) is 9.16 Å². The molecule has 2 aliphatic rings. The van der Waals surface area contributed by atoms with E-state index in [2.05, 4.69) is 81.4 Å². The standard InChI is InChI=1S/C25H32O3SSi/c1-25(2,3)30(20-10-6-4-7-11-20,21-12-8-5-9-13-21)27-18-19-14-15-22(28-19)23-16-17-24(26)29-23/h4-13,19,22-23H,14-18H2,1-3H3/t19-,22-,23-/m0/s1. The van der Waals surface area contributed by atoms with E-state index in [1.54, 1.807) is 0 Å². The zero-order valence-corrected chi connectivity index (χ0v) is 20.0. The first-order chi connectivity index (χ1) is 14.4. The first-order valence-electron chi connectivity index (χ1n) is 11.0. The van der Waals surface area contributed by atoms with Crippen molar-refractivity contribution in [1.29, 1.82) is 0 Å². The molecule has 160 valence electrons. The smallest absolute Gasteiger partial charge is 0.261 e. The number of benzene rings is 2. The van der Waals surface area contributed by atoms with Gasteiger partial charge in [-0.3, -0.25) is 4.79 Å². The van der Waals surface area contributed by atoms with E-state index in [0.717, 1.165) is 19.3 Å². The lowest BCUT2D eigenvalue weighted by atomic mass is 10.1. The molecular weight excluding hydrogens is 408 g/mol. The predicted molar refractivity (Wildman–Crippen MR) is 127 cm³/mol. The Kier molecular flexibility index (Phi) is 6.54. The lowest BCUT2D eigenvalue weighted by molar-refractivity contribution is -0.110. The molecule has 0 N–H and O–H groups in total. The second-order valence-electron chi connectivity index (χ2n) is 9.42. The van der Waals surface area contributed by atoms with Gasteiger partial charge in [-0.25, -0.2) is 0 Å². The third-order valence-electron chi connectivity index (χ3n) is 6.37. The molecule has 4 rings (SSSR count). The summed E-state index contributed by atoms with van der Waals surface area (Å²) < 4.78 is 13.4. The van der Waals surface area contributed by atoms with Gasteiger partial charge in [-0.1, -0.05) is 93.2 Å². The summed E-state index contributed by atoms with van der Waals surface area (Å²) in [7, 11) is -2.52. The Labute approximate surface area is 185 Å². The molecule has 2 fully saturated rings. The van der Waals surface area contributed by atoms with Crippen LogP contribution in [0.5, 0.6) is 0 Å². The van der Waals surface area contributed by atoms with Crippen LogP contribution in [0.3, 0.4) is 0 Å². The molecule has 0 spiro atoms. The first-order valence-corrected chi connectivity index (χ1v) is 13.8. The van der Waals surface area contributed by atoms with Gasteiger partial charge in [0, 0.05) is 11.7 Å². The van der Waals surface area contributed by atoms with Gasteiger partial charge < -0.3 is 9.16 Å². The van der Waals surface area contributed by atoms with Gasteiger partial charge in [-0.05, 0) is 34.7 Å². The van der Waals surface area contributed by atoms with E-state index in [-0.39, 0.29) is 17.2 Å². The number of thioether (sulfide) groups is 1. The highest BCUT2D eigenvalue weighted by atomic mass is 32.2. The number of rotatable bonds is 6. The van der Waals surface area contributed by atoms with Crippen LogP contribution in [-0.4, -0.2) is 37.5 Å². The average molecular weight is 441 g/mol. The van der Waals surface area contributed by atoms with Crippen molar-refractivity contribution >= 4 is 35.6 Å². The fraction of sp³-hybridized carbons (Fsp3) is 0.480. The SMILES string of the molecule is CC(C)(C)[Si](OC[C@@H]1CC[C@@H]([C@@H]2CCC(=O)S2)O1)(c1ccccc1)c1ccccc1. The first kappa shape index (κ1) is 21.8. The van der Waals surface area contributed by atoms with Gasteiger partial charge in [-0.2, -0.15) is 0 Å². The Morgan fingerprint density at radius 2 is 1.57 bits per heavy atom. The summed E-state index contributed by atoms with van der Waals surface area (Å²) in [5.74, 6) is 0. The third-order valence-corrected chi connectivity index (χ3v) is 12.7. The molecule has 2 aliphatic heterocycles. The van der Waals surface area contributed by atoms with E-state index < -0.39 is 8.32 Å². The van der Waals surface area contributed by atoms with Crippen molar-refractivity contribution in [1.82, 2.24) is 0 Å². The molecular formula is C25H32O3SSi. The molecule has 2 heterocycles. The molecule has 3 nitrogen and oxygen atoms in total. The lowest BCUT2D eigenvalue weighted by Gasteiger charge is -2.43. The molecule has 2 aromatic rings. The quantitative estimate of drug-likeness (QED) is 0.618. The molecule has 0 saturated carbocycles. The van der Waals surface area contributed by atoms with Crippen LogP contribution in [0.25, 0.3) is 0 Å². The van der Waals surface area contributed by atoms with Crippen LogP contribution in [0, 0.1) is 0 Å². The molecule has 0 radical (unpaired) electrons. The molecule has 30 heavy (non-hydrogen) atoms. The van der Waals surface area contributed by atoms with E-state index in [1.807, 2.05) is 0 Å². The summed E-state index contributed by atoms with van der Waals surface area (Å²) in [5.41, 5.74) is 0. The second kappa shape index (κ2) is 8.99. The third kappa shape index (κ3) is 4.31. The van der Waals surface area contributed by atoms with Gasteiger partial charge in [0.2, 0.25) is 0 Å². The van der Waals surface area contributed by atoms with Crippen molar-refractivity contribution in [3.63, 3.8) is 0 Å². The molecule has 0 aromatic heterocycles. The minimum Gasteiger partial charge on any atom is -0.405 e. The van der Waals surface area contributed by atoms with Gasteiger partial charge in [0.05, 0.1) is 18.8 Å². The maximum absolute atomic E-state index is 11.7. The maximum Gasteiger partial charge on any atom is 0.261 e.